The predicted octanol–water partition coefficient (Wildman–Crippen LogP) is 4.26. The van der Waals surface area contributed by atoms with Gasteiger partial charge in [0.05, 0.1) is 15.5 Å². The summed E-state index contributed by atoms with van der Waals surface area (Å²) < 4.78 is 0.689. The summed E-state index contributed by atoms with van der Waals surface area (Å²) in [7, 11) is 0. The van der Waals surface area contributed by atoms with Crippen molar-refractivity contribution in [3.05, 3.63) is 67.6 Å². The number of hydrogen-bond donors (Lipinski definition) is 1. The molecule has 0 unspecified atom stereocenters. The average Bonchev–Trinajstić information content (AvgIpc) is 2.41. The third-order valence-electron chi connectivity index (χ3n) is 2.52. The Morgan fingerprint density at radius 3 is 2.65 bits per heavy atom. The lowest BCUT2D eigenvalue weighted by atomic mass is 10.2. The molecule has 0 heterocycles. The van der Waals surface area contributed by atoms with Gasteiger partial charge in [0.15, 0.2) is 0 Å². The number of nitrogens with zero attached hydrogens (tertiary/aromatic N) is 1. The normalized spacial score (nSPS) is 10.1. The highest BCUT2D eigenvalue weighted by atomic mass is 79.9. The molecule has 0 saturated heterocycles. The molecule has 0 aliphatic heterocycles. The molecule has 2 rings (SSSR count). The Morgan fingerprint density at radius 1 is 1.25 bits per heavy atom. The molecule has 0 aliphatic rings. The number of hydrogen-bond acceptors (Lipinski definition) is 3. The van der Waals surface area contributed by atoms with E-state index >= 15 is 0 Å². The molecule has 1 amide bonds. The molecule has 0 radical (unpaired) electrons. The van der Waals surface area contributed by atoms with E-state index in [1.54, 1.807) is 24.3 Å². The summed E-state index contributed by atoms with van der Waals surface area (Å²) in [5.41, 5.74) is 0.185. The Kier molecular flexibility index (Phi) is 4.36. The maximum absolute atomic E-state index is 12.1. The molecular formula is C13H8BrClN2O3. The molecule has 0 atom stereocenters. The molecule has 7 heteroatoms. The minimum absolute atomic E-state index is 0.124. The van der Waals surface area contributed by atoms with Gasteiger partial charge in [-0.2, -0.15) is 0 Å². The van der Waals surface area contributed by atoms with Gasteiger partial charge < -0.3 is 5.32 Å². The van der Waals surface area contributed by atoms with E-state index in [1.807, 2.05) is 0 Å². The van der Waals surface area contributed by atoms with Crippen LogP contribution < -0.4 is 5.32 Å². The molecule has 0 saturated carbocycles. The number of nitro benzene ring substituents is 1. The second kappa shape index (κ2) is 6.02. The summed E-state index contributed by atoms with van der Waals surface area (Å²) >= 11 is 9.18. The van der Waals surface area contributed by atoms with Crippen LogP contribution in [0.1, 0.15) is 10.4 Å². The number of amides is 1. The third-order valence-corrected chi connectivity index (χ3v) is 3.34. The van der Waals surface area contributed by atoms with Crippen molar-refractivity contribution in [2.45, 2.75) is 0 Å². The van der Waals surface area contributed by atoms with Crippen molar-refractivity contribution in [3.63, 3.8) is 0 Å². The van der Waals surface area contributed by atoms with Crippen molar-refractivity contribution in [2.75, 3.05) is 5.32 Å². The quantitative estimate of drug-likeness (QED) is 0.660. The first-order chi connectivity index (χ1) is 9.49. The Balaban J connectivity index is 2.33. The number of anilines is 1. The van der Waals surface area contributed by atoms with Crippen molar-refractivity contribution >= 4 is 44.8 Å². The van der Waals surface area contributed by atoms with Crippen LogP contribution in [-0.4, -0.2) is 10.8 Å². The number of para-hydroxylation sites is 2. The van der Waals surface area contributed by atoms with E-state index in [1.165, 1.54) is 18.2 Å². The lowest BCUT2D eigenvalue weighted by molar-refractivity contribution is -0.383. The number of benzene rings is 2. The van der Waals surface area contributed by atoms with Crippen molar-refractivity contribution < 1.29 is 9.72 Å². The number of nitrogens with one attached hydrogen (secondary N) is 1. The summed E-state index contributed by atoms with van der Waals surface area (Å²) in [5, 5.41) is 13.6. The molecule has 0 aliphatic carbocycles. The zero-order valence-corrected chi connectivity index (χ0v) is 12.3. The maximum Gasteiger partial charge on any atom is 0.292 e. The molecule has 20 heavy (non-hydrogen) atoms. The first-order valence-electron chi connectivity index (χ1n) is 5.49. The highest BCUT2D eigenvalue weighted by molar-refractivity contribution is 9.10. The average molecular weight is 356 g/mol. The van der Waals surface area contributed by atoms with Crippen LogP contribution in [0.2, 0.25) is 5.02 Å². The fraction of sp³-hybridized carbons (Fsp3) is 0. The van der Waals surface area contributed by atoms with Crippen molar-refractivity contribution in [3.8, 4) is 0 Å². The van der Waals surface area contributed by atoms with Gasteiger partial charge in [0.25, 0.3) is 11.6 Å². The van der Waals surface area contributed by atoms with Crippen molar-refractivity contribution in [1.29, 1.82) is 0 Å². The van der Waals surface area contributed by atoms with Crippen LogP contribution in [0, 0.1) is 10.1 Å². The zero-order valence-electron chi connectivity index (χ0n) is 9.97. The Hall–Kier alpha value is -1.92. The lowest BCUT2D eigenvalue weighted by Gasteiger charge is -2.07. The number of carbonyl (C=O) groups excluding carboxylic acids is 1. The first-order valence-corrected chi connectivity index (χ1v) is 6.66. The molecule has 2 aromatic rings. The number of carbonyl (C=O) groups is 1. The van der Waals surface area contributed by atoms with Crippen LogP contribution in [0.3, 0.4) is 0 Å². The van der Waals surface area contributed by atoms with E-state index in [2.05, 4.69) is 21.2 Å². The van der Waals surface area contributed by atoms with E-state index in [9.17, 15) is 14.9 Å². The van der Waals surface area contributed by atoms with Gasteiger partial charge in [0.1, 0.15) is 5.69 Å². The first kappa shape index (κ1) is 14.5. The summed E-state index contributed by atoms with van der Waals surface area (Å²) in [6.45, 7) is 0. The molecule has 0 fully saturated rings. The third kappa shape index (κ3) is 3.15. The van der Waals surface area contributed by atoms with Crippen LogP contribution in [-0.2, 0) is 0 Å². The highest BCUT2D eigenvalue weighted by Crippen LogP contribution is 2.26. The van der Waals surface area contributed by atoms with Crippen LogP contribution in [0.5, 0.6) is 0 Å². The Morgan fingerprint density at radius 2 is 1.95 bits per heavy atom. The molecular weight excluding hydrogens is 348 g/mol. The highest BCUT2D eigenvalue weighted by Gasteiger charge is 2.17. The standard InChI is InChI=1S/C13H8BrClN2O3/c14-8-5-6-10(15)9(7-8)13(18)16-11-3-1-2-4-12(11)17(19)20/h1-7H,(H,16,18). The summed E-state index contributed by atoms with van der Waals surface area (Å²) in [5.74, 6) is -0.509. The van der Waals surface area contributed by atoms with E-state index in [4.69, 9.17) is 11.6 Å². The van der Waals surface area contributed by atoms with Gasteiger partial charge in [0, 0.05) is 10.5 Å². The second-order valence-electron chi connectivity index (χ2n) is 3.85. The molecule has 0 spiro atoms. The van der Waals surface area contributed by atoms with Crippen molar-refractivity contribution in [1.82, 2.24) is 0 Å². The Bertz CT molecular complexity index is 691. The minimum atomic E-state index is -0.557. The number of nitro groups is 1. The van der Waals surface area contributed by atoms with E-state index in [-0.39, 0.29) is 22.0 Å². The van der Waals surface area contributed by atoms with Crippen LogP contribution in [0.4, 0.5) is 11.4 Å². The fourth-order valence-corrected chi connectivity index (χ4v) is 2.16. The summed E-state index contributed by atoms with van der Waals surface area (Å²) in [6, 6.07) is 10.7. The molecule has 102 valence electrons. The lowest BCUT2D eigenvalue weighted by Crippen LogP contribution is -2.13. The van der Waals surface area contributed by atoms with Gasteiger partial charge in [-0.1, -0.05) is 39.7 Å². The van der Waals surface area contributed by atoms with Crippen LogP contribution >= 0.6 is 27.5 Å². The topological polar surface area (TPSA) is 72.2 Å². The van der Waals surface area contributed by atoms with Gasteiger partial charge in [-0.05, 0) is 24.3 Å². The smallest absolute Gasteiger partial charge is 0.292 e. The number of halogens is 2. The summed E-state index contributed by atoms with van der Waals surface area (Å²) in [6.07, 6.45) is 0. The Labute approximate surface area is 127 Å². The van der Waals surface area contributed by atoms with Gasteiger partial charge in [-0.25, -0.2) is 0 Å². The number of rotatable bonds is 3. The predicted molar refractivity (Wildman–Crippen MR) is 80.2 cm³/mol. The molecule has 0 bridgehead atoms. The molecule has 2 aromatic carbocycles. The fourth-order valence-electron chi connectivity index (χ4n) is 1.60. The van der Waals surface area contributed by atoms with E-state index in [0.29, 0.717) is 4.47 Å². The molecule has 1 N–H and O–H groups in total. The summed E-state index contributed by atoms with van der Waals surface area (Å²) in [4.78, 5) is 22.4. The zero-order chi connectivity index (χ0) is 14.7. The van der Waals surface area contributed by atoms with E-state index < -0.39 is 10.8 Å². The molecule has 5 nitrogen and oxygen atoms in total. The van der Waals surface area contributed by atoms with Gasteiger partial charge >= 0.3 is 0 Å². The molecule has 0 aromatic heterocycles. The van der Waals surface area contributed by atoms with Gasteiger partial charge in [-0.15, -0.1) is 0 Å². The largest absolute Gasteiger partial charge is 0.316 e. The second-order valence-corrected chi connectivity index (χ2v) is 5.18. The van der Waals surface area contributed by atoms with E-state index in [0.717, 1.165) is 0 Å². The van der Waals surface area contributed by atoms with Crippen LogP contribution in [0.15, 0.2) is 46.9 Å². The maximum atomic E-state index is 12.1. The van der Waals surface area contributed by atoms with Gasteiger partial charge in [0.2, 0.25) is 0 Å². The minimum Gasteiger partial charge on any atom is -0.316 e. The van der Waals surface area contributed by atoms with Crippen LogP contribution in [0.25, 0.3) is 0 Å². The van der Waals surface area contributed by atoms with Crippen molar-refractivity contribution in [2.24, 2.45) is 0 Å². The SMILES string of the molecule is O=C(Nc1ccccc1[N+](=O)[O-])c1cc(Br)ccc1Cl. The van der Waals surface area contributed by atoms with Gasteiger partial charge in [-0.3, -0.25) is 14.9 Å². The monoisotopic (exact) mass is 354 g/mol.